The highest BCUT2D eigenvalue weighted by Gasteiger charge is 2.18. The van der Waals surface area contributed by atoms with E-state index in [2.05, 4.69) is 51.2 Å². The van der Waals surface area contributed by atoms with Gasteiger partial charge in [-0.1, -0.05) is 6.07 Å². The van der Waals surface area contributed by atoms with Gasteiger partial charge in [0, 0.05) is 28.6 Å². The van der Waals surface area contributed by atoms with Gasteiger partial charge in [-0.2, -0.15) is 5.10 Å². The van der Waals surface area contributed by atoms with E-state index in [1.807, 2.05) is 15.8 Å². The number of carbonyl (C=O) groups excluding carboxylic acids is 1. The molecular formula is C12H13IN4O. The summed E-state index contributed by atoms with van der Waals surface area (Å²) < 4.78 is 3.16. The van der Waals surface area contributed by atoms with Gasteiger partial charge in [0.15, 0.2) is 0 Å². The van der Waals surface area contributed by atoms with E-state index in [4.69, 9.17) is 0 Å². The summed E-state index contributed by atoms with van der Waals surface area (Å²) in [5.74, 6) is 0. The Labute approximate surface area is 118 Å². The third kappa shape index (κ3) is 2.16. The van der Waals surface area contributed by atoms with Crippen LogP contribution in [0.5, 0.6) is 0 Å². The van der Waals surface area contributed by atoms with Crippen LogP contribution in [0.4, 0.5) is 4.79 Å². The van der Waals surface area contributed by atoms with Crippen molar-refractivity contribution in [2.45, 2.75) is 6.54 Å². The second-order valence-electron chi connectivity index (χ2n) is 4.29. The SMILES string of the molecule is O=C1NCCN1CCn1ncc2ccc(I)cc21. The molecule has 1 aromatic heterocycles. The highest BCUT2D eigenvalue weighted by atomic mass is 127. The molecule has 2 amide bonds. The van der Waals surface area contributed by atoms with E-state index < -0.39 is 0 Å². The Morgan fingerprint density at radius 3 is 3.06 bits per heavy atom. The Morgan fingerprint density at radius 1 is 1.39 bits per heavy atom. The number of nitrogens with zero attached hydrogens (tertiary/aromatic N) is 3. The van der Waals surface area contributed by atoms with E-state index in [9.17, 15) is 4.79 Å². The van der Waals surface area contributed by atoms with Crippen molar-refractivity contribution < 1.29 is 4.79 Å². The molecule has 1 aromatic carbocycles. The molecule has 2 aromatic rings. The largest absolute Gasteiger partial charge is 0.336 e. The Hall–Kier alpha value is -1.31. The maximum absolute atomic E-state index is 11.4. The zero-order chi connectivity index (χ0) is 12.5. The van der Waals surface area contributed by atoms with Gasteiger partial charge in [0.1, 0.15) is 0 Å². The monoisotopic (exact) mass is 356 g/mol. The summed E-state index contributed by atoms with van der Waals surface area (Å²) in [7, 11) is 0. The van der Waals surface area contributed by atoms with Crippen LogP contribution in [0, 0.1) is 3.57 Å². The highest BCUT2D eigenvalue weighted by Crippen LogP contribution is 2.17. The number of carbonyl (C=O) groups is 1. The highest BCUT2D eigenvalue weighted by molar-refractivity contribution is 14.1. The molecular weight excluding hydrogens is 343 g/mol. The molecule has 1 saturated heterocycles. The van der Waals surface area contributed by atoms with Crippen LogP contribution in [-0.4, -0.2) is 40.3 Å². The fourth-order valence-corrected chi connectivity index (χ4v) is 2.64. The Morgan fingerprint density at radius 2 is 2.28 bits per heavy atom. The van der Waals surface area contributed by atoms with Crippen molar-refractivity contribution in [3.8, 4) is 0 Å². The van der Waals surface area contributed by atoms with Gasteiger partial charge in [-0.15, -0.1) is 0 Å². The van der Waals surface area contributed by atoms with E-state index in [1.165, 1.54) is 3.57 Å². The summed E-state index contributed by atoms with van der Waals surface area (Å²) in [6, 6.07) is 6.29. The van der Waals surface area contributed by atoms with Crippen LogP contribution < -0.4 is 5.32 Å². The number of hydrogen-bond donors (Lipinski definition) is 1. The van der Waals surface area contributed by atoms with Crippen LogP contribution in [0.25, 0.3) is 10.9 Å². The summed E-state index contributed by atoms with van der Waals surface area (Å²) in [5, 5.41) is 8.32. The van der Waals surface area contributed by atoms with E-state index in [0.29, 0.717) is 6.54 Å². The van der Waals surface area contributed by atoms with Crippen molar-refractivity contribution in [2.24, 2.45) is 0 Å². The number of fused-ring (bicyclic) bond motifs is 1. The van der Waals surface area contributed by atoms with E-state index >= 15 is 0 Å². The molecule has 0 atom stereocenters. The molecule has 0 unspecified atom stereocenters. The standard InChI is InChI=1S/C12H13IN4O/c13-10-2-1-9-8-15-17(11(9)7-10)6-5-16-4-3-14-12(16)18/h1-2,7-8H,3-6H2,(H,14,18). The summed E-state index contributed by atoms with van der Waals surface area (Å²) in [6.07, 6.45) is 1.87. The topological polar surface area (TPSA) is 50.2 Å². The molecule has 0 spiro atoms. The number of aromatic nitrogens is 2. The minimum absolute atomic E-state index is 0.0287. The lowest BCUT2D eigenvalue weighted by molar-refractivity contribution is 0.215. The minimum atomic E-state index is 0.0287. The summed E-state index contributed by atoms with van der Waals surface area (Å²) in [5.41, 5.74) is 1.13. The van der Waals surface area contributed by atoms with Crippen molar-refractivity contribution in [3.05, 3.63) is 28.0 Å². The van der Waals surface area contributed by atoms with Gasteiger partial charge in [-0.05, 0) is 34.7 Å². The number of hydrogen-bond acceptors (Lipinski definition) is 2. The first-order valence-corrected chi connectivity index (χ1v) is 6.96. The minimum Gasteiger partial charge on any atom is -0.336 e. The predicted molar refractivity (Wildman–Crippen MR) is 77.4 cm³/mol. The molecule has 1 N–H and O–H groups in total. The number of benzene rings is 1. The fourth-order valence-electron chi connectivity index (χ4n) is 2.16. The molecule has 0 aliphatic carbocycles. The number of amides is 2. The summed E-state index contributed by atoms with van der Waals surface area (Å²) in [4.78, 5) is 13.3. The molecule has 6 heteroatoms. The Balaban J connectivity index is 1.78. The van der Waals surface area contributed by atoms with E-state index in [1.54, 1.807) is 0 Å². The lowest BCUT2D eigenvalue weighted by Gasteiger charge is -2.14. The summed E-state index contributed by atoms with van der Waals surface area (Å²) >= 11 is 2.30. The average molecular weight is 356 g/mol. The molecule has 1 aliphatic heterocycles. The lowest BCUT2D eigenvalue weighted by Crippen LogP contribution is -2.31. The third-order valence-electron chi connectivity index (χ3n) is 3.13. The van der Waals surface area contributed by atoms with E-state index in [-0.39, 0.29) is 6.03 Å². The molecule has 2 heterocycles. The molecule has 0 radical (unpaired) electrons. The normalized spacial score (nSPS) is 15.4. The van der Waals surface area contributed by atoms with Crippen LogP contribution >= 0.6 is 22.6 Å². The van der Waals surface area contributed by atoms with Gasteiger partial charge in [0.05, 0.1) is 18.3 Å². The first-order valence-electron chi connectivity index (χ1n) is 5.88. The number of rotatable bonds is 3. The zero-order valence-electron chi connectivity index (χ0n) is 9.77. The second kappa shape index (κ2) is 4.75. The molecule has 0 bridgehead atoms. The van der Waals surface area contributed by atoms with Gasteiger partial charge < -0.3 is 10.2 Å². The van der Waals surface area contributed by atoms with Gasteiger partial charge in [0.2, 0.25) is 0 Å². The zero-order valence-corrected chi connectivity index (χ0v) is 11.9. The molecule has 1 fully saturated rings. The number of halogens is 1. The molecule has 18 heavy (non-hydrogen) atoms. The Bertz CT molecular complexity index is 595. The smallest absolute Gasteiger partial charge is 0.317 e. The molecule has 0 saturated carbocycles. The van der Waals surface area contributed by atoms with Crippen molar-refractivity contribution in [3.63, 3.8) is 0 Å². The van der Waals surface area contributed by atoms with Gasteiger partial charge in [-0.3, -0.25) is 4.68 Å². The summed E-state index contributed by atoms with van der Waals surface area (Å²) in [6.45, 7) is 2.97. The van der Waals surface area contributed by atoms with Crippen molar-refractivity contribution in [1.82, 2.24) is 20.0 Å². The fraction of sp³-hybridized carbons (Fsp3) is 0.333. The van der Waals surface area contributed by atoms with Gasteiger partial charge >= 0.3 is 6.03 Å². The van der Waals surface area contributed by atoms with Crippen LogP contribution in [0.2, 0.25) is 0 Å². The quantitative estimate of drug-likeness (QED) is 0.851. The Kier molecular flexibility index (Phi) is 3.11. The van der Waals surface area contributed by atoms with Crippen molar-refractivity contribution >= 4 is 39.5 Å². The predicted octanol–water partition coefficient (Wildman–Crippen LogP) is 1.67. The molecule has 94 valence electrons. The van der Waals surface area contributed by atoms with Crippen LogP contribution in [-0.2, 0) is 6.54 Å². The van der Waals surface area contributed by atoms with Crippen molar-refractivity contribution in [1.29, 1.82) is 0 Å². The number of urea groups is 1. The second-order valence-corrected chi connectivity index (χ2v) is 5.54. The van der Waals surface area contributed by atoms with Gasteiger partial charge in [0.25, 0.3) is 0 Å². The van der Waals surface area contributed by atoms with Crippen LogP contribution in [0.3, 0.4) is 0 Å². The average Bonchev–Trinajstić information content (AvgIpc) is 2.93. The van der Waals surface area contributed by atoms with Crippen LogP contribution in [0.1, 0.15) is 0 Å². The molecule has 5 nitrogen and oxygen atoms in total. The molecule has 1 aliphatic rings. The maximum atomic E-state index is 11.4. The first-order chi connectivity index (χ1) is 8.74. The van der Waals surface area contributed by atoms with Crippen molar-refractivity contribution in [2.75, 3.05) is 19.6 Å². The van der Waals surface area contributed by atoms with E-state index in [0.717, 1.165) is 30.5 Å². The molecule has 3 rings (SSSR count). The maximum Gasteiger partial charge on any atom is 0.317 e. The number of nitrogens with one attached hydrogen (secondary N) is 1. The van der Waals surface area contributed by atoms with Gasteiger partial charge in [-0.25, -0.2) is 4.79 Å². The lowest BCUT2D eigenvalue weighted by atomic mass is 10.2. The third-order valence-corrected chi connectivity index (χ3v) is 3.80. The van der Waals surface area contributed by atoms with Crippen LogP contribution in [0.15, 0.2) is 24.4 Å². The first kappa shape index (κ1) is 11.8.